The number of hydrogen-bond acceptors (Lipinski definition) is 15. The molecule has 8 atom stereocenters. The van der Waals surface area contributed by atoms with Crippen LogP contribution in [-0.2, 0) is 65.4 Å². The fourth-order valence-electron chi connectivity index (χ4n) is 11.5. The van der Waals surface area contributed by atoms with Crippen molar-refractivity contribution in [2.75, 3.05) is 39.6 Å². The van der Waals surface area contributed by atoms with Gasteiger partial charge in [0.25, 0.3) is 0 Å². The maximum atomic E-state index is 13.1. The normalized spacial score (nSPS) is 15.0. The van der Waals surface area contributed by atoms with E-state index in [1.807, 2.05) is 0 Å². The number of carbonyl (C=O) groups is 4. The van der Waals surface area contributed by atoms with E-state index < -0.39 is 97.5 Å². The van der Waals surface area contributed by atoms with E-state index in [2.05, 4.69) is 55.4 Å². The predicted octanol–water partition coefficient (Wildman–Crippen LogP) is 22.0. The van der Waals surface area contributed by atoms with Crippen molar-refractivity contribution in [3.8, 4) is 0 Å². The highest BCUT2D eigenvalue weighted by atomic mass is 31.2. The number of unbranched alkanes of at least 4 members (excludes halogenated alkanes) is 36. The van der Waals surface area contributed by atoms with Gasteiger partial charge >= 0.3 is 39.5 Å². The molecule has 0 aliphatic heterocycles. The highest BCUT2D eigenvalue weighted by molar-refractivity contribution is 7.47. The fourth-order valence-corrected chi connectivity index (χ4v) is 13.0. The minimum absolute atomic E-state index is 0.106. The van der Waals surface area contributed by atoms with Crippen LogP contribution in [0.15, 0.2) is 0 Å². The number of phosphoric acid groups is 2. The van der Waals surface area contributed by atoms with Crippen LogP contribution in [0.1, 0.15) is 383 Å². The second-order valence-electron chi connectivity index (χ2n) is 28.6. The molecule has 5 unspecified atom stereocenters. The molecule has 0 spiro atoms. The average Bonchev–Trinajstić information content (AvgIpc) is 1.81. The van der Waals surface area contributed by atoms with Crippen molar-refractivity contribution in [2.24, 2.45) is 23.7 Å². The summed E-state index contributed by atoms with van der Waals surface area (Å²) in [6.07, 6.45) is 49.8. The lowest BCUT2D eigenvalue weighted by molar-refractivity contribution is -0.161. The number of ether oxygens (including phenoxy) is 4. The first-order valence-electron chi connectivity index (χ1n) is 39.3. The number of aliphatic hydroxyl groups excluding tert-OH is 1. The first-order chi connectivity index (χ1) is 45.7. The number of aliphatic hydroxyl groups is 1. The summed E-state index contributed by atoms with van der Waals surface area (Å²) in [5.41, 5.74) is 0. The van der Waals surface area contributed by atoms with Gasteiger partial charge in [0, 0.05) is 25.7 Å². The topological polar surface area (TPSA) is 237 Å². The molecule has 0 radical (unpaired) electrons. The van der Waals surface area contributed by atoms with E-state index in [0.29, 0.717) is 25.7 Å². The minimum Gasteiger partial charge on any atom is -0.462 e. The molecule has 0 rings (SSSR count). The van der Waals surface area contributed by atoms with Gasteiger partial charge < -0.3 is 33.8 Å². The van der Waals surface area contributed by atoms with Crippen molar-refractivity contribution in [3.05, 3.63) is 0 Å². The summed E-state index contributed by atoms with van der Waals surface area (Å²) in [5, 5.41) is 10.6. The van der Waals surface area contributed by atoms with E-state index in [0.717, 1.165) is 120 Å². The maximum absolute atomic E-state index is 13.1. The van der Waals surface area contributed by atoms with Crippen LogP contribution >= 0.6 is 15.6 Å². The number of esters is 4. The van der Waals surface area contributed by atoms with Crippen LogP contribution in [0.5, 0.6) is 0 Å². The monoisotopic (exact) mass is 1400 g/mol. The summed E-state index contributed by atoms with van der Waals surface area (Å²) < 4.78 is 68.5. The molecule has 3 N–H and O–H groups in total. The molecule has 0 saturated carbocycles. The molecule has 0 heterocycles. The van der Waals surface area contributed by atoms with Gasteiger partial charge in [-0.3, -0.25) is 37.3 Å². The largest absolute Gasteiger partial charge is 0.472 e. The van der Waals surface area contributed by atoms with Crippen LogP contribution in [0.25, 0.3) is 0 Å². The van der Waals surface area contributed by atoms with Crippen molar-refractivity contribution in [1.29, 1.82) is 0 Å². The summed E-state index contributed by atoms with van der Waals surface area (Å²) >= 11 is 0. The van der Waals surface area contributed by atoms with Crippen LogP contribution < -0.4 is 0 Å². The SMILES string of the molecule is CCC(C)CCCCCCCCCCCCC(=O)OC[C@H](COP(=O)(O)OC[C@@H](O)COP(=O)(O)OC[C@@H](COC(=O)CCCCCCCCC(C)CC)OC(=O)CCCCCCCCCCCCCCCCC(C)C)OC(=O)CCCCCCCCCCCCC(C)CC. The molecular weight excluding hydrogens is 1250 g/mol. The highest BCUT2D eigenvalue weighted by Crippen LogP contribution is 2.45. The Balaban J connectivity index is 5.26. The summed E-state index contributed by atoms with van der Waals surface area (Å²) in [4.78, 5) is 72.8. The molecular formula is C76H148O17P2. The van der Waals surface area contributed by atoms with Gasteiger partial charge in [-0.1, -0.05) is 331 Å². The quantitative estimate of drug-likeness (QED) is 0.0222. The Morgan fingerprint density at radius 1 is 0.295 bits per heavy atom. The zero-order valence-corrected chi connectivity index (χ0v) is 64.1. The second kappa shape index (κ2) is 65.4. The summed E-state index contributed by atoms with van der Waals surface area (Å²) in [6.45, 7) is 14.2. The van der Waals surface area contributed by atoms with Crippen molar-refractivity contribution in [2.45, 2.75) is 401 Å². The van der Waals surface area contributed by atoms with E-state index in [9.17, 15) is 43.2 Å². The van der Waals surface area contributed by atoms with E-state index in [1.54, 1.807) is 0 Å². The lowest BCUT2D eigenvalue weighted by Crippen LogP contribution is -2.30. The number of phosphoric ester groups is 2. The first kappa shape index (κ1) is 93.1. The molecule has 95 heavy (non-hydrogen) atoms. The fraction of sp³-hybridized carbons (Fsp3) is 0.947. The Hall–Kier alpha value is -1.94. The molecule has 0 bridgehead atoms. The third-order valence-electron chi connectivity index (χ3n) is 18.7. The molecule has 0 amide bonds. The van der Waals surface area contributed by atoms with Crippen LogP contribution in [0.2, 0.25) is 0 Å². The van der Waals surface area contributed by atoms with Gasteiger partial charge in [-0.05, 0) is 49.4 Å². The molecule has 0 fully saturated rings. The number of hydrogen-bond donors (Lipinski definition) is 3. The van der Waals surface area contributed by atoms with Crippen LogP contribution in [-0.4, -0.2) is 96.7 Å². The van der Waals surface area contributed by atoms with Crippen LogP contribution in [0.3, 0.4) is 0 Å². The minimum atomic E-state index is -4.96. The Morgan fingerprint density at radius 3 is 0.747 bits per heavy atom. The van der Waals surface area contributed by atoms with Crippen molar-refractivity contribution < 1.29 is 80.2 Å². The Labute approximate surface area is 581 Å². The van der Waals surface area contributed by atoms with Gasteiger partial charge in [-0.25, -0.2) is 9.13 Å². The molecule has 0 aliphatic rings. The summed E-state index contributed by atoms with van der Waals surface area (Å²) in [6, 6.07) is 0. The molecule has 0 aromatic carbocycles. The smallest absolute Gasteiger partial charge is 0.462 e. The molecule has 17 nitrogen and oxygen atoms in total. The summed E-state index contributed by atoms with van der Waals surface area (Å²) in [5.74, 6) is 1.02. The van der Waals surface area contributed by atoms with E-state index in [-0.39, 0.29) is 25.7 Å². The van der Waals surface area contributed by atoms with Gasteiger partial charge in [0.2, 0.25) is 0 Å². The Morgan fingerprint density at radius 2 is 0.505 bits per heavy atom. The Kier molecular flexibility index (Phi) is 64.0. The van der Waals surface area contributed by atoms with Gasteiger partial charge in [-0.2, -0.15) is 0 Å². The standard InChI is InChI=1S/C76H148O17P2/c1-9-67(6)53-45-37-29-23-18-20-25-31-40-48-56-73(78)86-62-71(92-76(81)59-51-43-33-27-21-19-24-30-38-46-54-68(7)10-2)64-90-94(82,83)88-60-70(77)61-89-95(84,85)91-65-72(63-87-74(79)57-49-41-35-34-39-47-55-69(8)11-3)93-75(80)58-50-42-32-26-17-15-13-12-14-16-22-28-36-44-52-66(4)5/h66-72,77H,9-65H2,1-8H3,(H,82,83)(H,84,85)/t67?,68?,69?,70-,71-,72-/m1/s1. The van der Waals surface area contributed by atoms with Crippen LogP contribution in [0.4, 0.5) is 0 Å². The third kappa shape index (κ3) is 66.4. The molecule has 0 aliphatic carbocycles. The number of carbonyl (C=O) groups excluding carboxylic acids is 4. The average molecular weight is 1400 g/mol. The number of rotatable bonds is 73. The zero-order chi connectivity index (χ0) is 70.3. The van der Waals surface area contributed by atoms with Gasteiger partial charge in [-0.15, -0.1) is 0 Å². The molecule has 0 aromatic heterocycles. The van der Waals surface area contributed by atoms with Gasteiger partial charge in [0.15, 0.2) is 12.2 Å². The maximum Gasteiger partial charge on any atom is 0.472 e. The molecule has 19 heteroatoms. The lowest BCUT2D eigenvalue weighted by atomic mass is 9.99. The molecule has 564 valence electrons. The van der Waals surface area contributed by atoms with E-state index >= 15 is 0 Å². The van der Waals surface area contributed by atoms with Gasteiger partial charge in [0.1, 0.15) is 19.3 Å². The van der Waals surface area contributed by atoms with Crippen molar-refractivity contribution >= 4 is 39.5 Å². The lowest BCUT2D eigenvalue weighted by Gasteiger charge is -2.21. The first-order valence-corrected chi connectivity index (χ1v) is 42.3. The van der Waals surface area contributed by atoms with Gasteiger partial charge in [0.05, 0.1) is 26.4 Å². The van der Waals surface area contributed by atoms with E-state index in [1.165, 1.54) is 180 Å². The summed E-state index contributed by atoms with van der Waals surface area (Å²) in [7, 11) is -9.91. The molecule has 0 aromatic rings. The molecule has 0 saturated heterocycles. The second-order valence-corrected chi connectivity index (χ2v) is 31.5. The van der Waals surface area contributed by atoms with Crippen molar-refractivity contribution in [1.82, 2.24) is 0 Å². The highest BCUT2D eigenvalue weighted by Gasteiger charge is 2.30. The zero-order valence-electron chi connectivity index (χ0n) is 62.3. The predicted molar refractivity (Wildman–Crippen MR) is 386 cm³/mol. The van der Waals surface area contributed by atoms with Crippen molar-refractivity contribution in [3.63, 3.8) is 0 Å². The van der Waals surface area contributed by atoms with E-state index in [4.69, 9.17) is 37.0 Å². The third-order valence-corrected chi connectivity index (χ3v) is 20.6. The van der Waals surface area contributed by atoms with Crippen LogP contribution in [0, 0.1) is 23.7 Å². The Bertz CT molecular complexity index is 1870.